The topological polar surface area (TPSA) is 57.7 Å². The Morgan fingerprint density at radius 2 is 1.75 bits per heavy atom. The summed E-state index contributed by atoms with van der Waals surface area (Å²) in [4.78, 5) is 14.8. The molecular weight excluding hydrogens is 419 g/mol. The largest absolute Gasteiger partial charge is 0.343 e. The van der Waals surface area contributed by atoms with Crippen molar-refractivity contribution in [3.05, 3.63) is 33.8 Å². The molecule has 3 rings (SSSR count). The predicted molar refractivity (Wildman–Crippen MR) is 113 cm³/mol. The average Bonchev–Trinajstić information content (AvgIpc) is 2.70. The maximum Gasteiger partial charge on any atom is 0.225 e. The van der Waals surface area contributed by atoms with Crippen molar-refractivity contribution in [1.82, 2.24) is 9.21 Å². The predicted octanol–water partition coefficient (Wildman–Crippen LogP) is 4.33. The average molecular weight is 447 g/mol. The molecule has 0 unspecified atom stereocenters. The molecule has 1 saturated carbocycles. The van der Waals surface area contributed by atoms with E-state index in [0.717, 1.165) is 12.8 Å². The van der Waals surface area contributed by atoms with Gasteiger partial charge in [0.05, 0.1) is 5.75 Å². The zero-order chi connectivity index (χ0) is 20.3. The maximum atomic E-state index is 12.8. The molecule has 1 amide bonds. The van der Waals surface area contributed by atoms with Crippen LogP contribution in [0.1, 0.15) is 50.5 Å². The van der Waals surface area contributed by atoms with Gasteiger partial charge in [-0.05, 0) is 43.4 Å². The highest BCUT2D eigenvalue weighted by atomic mass is 35.5. The van der Waals surface area contributed by atoms with Gasteiger partial charge in [-0.2, -0.15) is 0 Å². The molecule has 1 aromatic carbocycles. The zero-order valence-corrected chi connectivity index (χ0v) is 18.6. The Morgan fingerprint density at radius 1 is 1.11 bits per heavy atom. The number of carbonyl (C=O) groups is 1. The summed E-state index contributed by atoms with van der Waals surface area (Å²) in [5.74, 6) is -0.0639. The zero-order valence-electron chi connectivity index (χ0n) is 16.2. The molecular formula is C20H28Cl2N2O3S. The van der Waals surface area contributed by atoms with Gasteiger partial charge in [0.2, 0.25) is 15.9 Å². The Kier molecular flexibility index (Phi) is 7.29. The van der Waals surface area contributed by atoms with Gasteiger partial charge in [-0.1, -0.05) is 48.5 Å². The number of halogens is 2. The first-order valence-corrected chi connectivity index (χ1v) is 12.3. The second-order valence-corrected chi connectivity index (χ2v) is 10.7. The third-order valence-corrected chi connectivity index (χ3v) is 8.43. The second kappa shape index (κ2) is 9.33. The minimum Gasteiger partial charge on any atom is -0.343 e. The minimum absolute atomic E-state index is 0.0857. The minimum atomic E-state index is -3.48. The summed E-state index contributed by atoms with van der Waals surface area (Å²) in [5, 5.41) is 0.836. The number of benzene rings is 1. The van der Waals surface area contributed by atoms with Crippen LogP contribution in [0, 0.1) is 5.92 Å². The van der Waals surface area contributed by atoms with Crippen LogP contribution in [0.5, 0.6) is 0 Å². The summed E-state index contributed by atoms with van der Waals surface area (Å²) < 4.78 is 27.1. The van der Waals surface area contributed by atoms with Crippen molar-refractivity contribution in [2.45, 2.75) is 56.7 Å². The van der Waals surface area contributed by atoms with Crippen LogP contribution in [0.15, 0.2) is 18.2 Å². The van der Waals surface area contributed by atoms with E-state index in [0.29, 0.717) is 47.6 Å². The van der Waals surface area contributed by atoms with Crippen LogP contribution < -0.4 is 0 Å². The highest BCUT2D eigenvalue weighted by molar-refractivity contribution is 7.88. The fraction of sp³-hybridized carbons (Fsp3) is 0.650. The Balaban J connectivity index is 1.57. The lowest BCUT2D eigenvalue weighted by Gasteiger charge is -2.36. The van der Waals surface area contributed by atoms with Gasteiger partial charge >= 0.3 is 0 Å². The van der Waals surface area contributed by atoms with Crippen molar-refractivity contribution >= 4 is 39.1 Å². The third kappa shape index (κ3) is 5.21. The molecule has 28 heavy (non-hydrogen) atoms. The Hall–Kier alpha value is -0.820. The fourth-order valence-corrected chi connectivity index (χ4v) is 6.39. The molecule has 2 aliphatic rings. The molecule has 156 valence electrons. The normalized spacial score (nSPS) is 20.2. The highest BCUT2D eigenvalue weighted by Crippen LogP contribution is 2.28. The van der Waals surface area contributed by atoms with Crippen molar-refractivity contribution in [2.24, 2.45) is 5.92 Å². The van der Waals surface area contributed by atoms with E-state index in [-0.39, 0.29) is 17.6 Å². The molecule has 1 aliphatic heterocycles. The van der Waals surface area contributed by atoms with Gasteiger partial charge in [-0.3, -0.25) is 4.79 Å². The molecule has 8 heteroatoms. The molecule has 1 heterocycles. The molecule has 1 saturated heterocycles. The van der Waals surface area contributed by atoms with Crippen LogP contribution in [-0.4, -0.2) is 49.7 Å². The summed E-state index contributed by atoms with van der Waals surface area (Å²) in [6.07, 6.45) is 6.94. The van der Waals surface area contributed by atoms with Crippen molar-refractivity contribution < 1.29 is 13.2 Å². The van der Waals surface area contributed by atoms with Crippen LogP contribution in [0.2, 0.25) is 10.0 Å². The first-order chi connectivity index (χ1) is 13.3. The van der Waals surface area contributed by atoms with Crippen LogP contribution in [-0.2, 0) is 20.6 Å². The van der Waals surface area contributed by atoms with E-state index in [1.807, 2.05) is 11.9 Å². The van der Waals surface area contributed by atoms with Gasteiger partial charge in [-0.25, -0.2) is 12.7 Å². The molecule has 0 N–H and O–H groups in total. The van der Waals surface area contributed by atoms with E-state index in [4.69, 9.17) is 23.2 Å². The Bertz CT molecular complexity index is 802. The lowest BCUT2D eigenvalue weighted by atomic mass is 9.91. The summed E-state index contributed by atoms with van der Waals surface area (Å²) in [7, 11) is -1.57. The summed E-state index contributed by atoms with van der Waals surface area (Å²) in [6, 6.07) is 5.19. The van der Waals surface area contributed by atoms with Crippen molar-refractivity contribution in [3.63, 3.8) is 0 Å². The number of amides is 1. The number of hydrogen-bond donors (Lipinski definition) is 0. The van der Waals surface area contributed by atoms with Crippen LogP contribution >= 0.6 is 23.2 Å². The van der Waals surface area contributed by atoms with E-state index in [9.17, 15) is 13.2 Å². The van der Waals surface area contributed by atoms with Gasteiger partial charge in [0.15, 0.2) is 0 Å². The number of hydrogen-bond acceptors (Lipinski definition) is 3. The first-order valence-electron chi connectivity index (χ1n) is 9.96. The molecule has 0 atom stereocenters. The summed E-state index contributed by atoms with van der Waals surface area (Å²) in [6.45, 7) is 0.755. The molecule has 1 aliphatic carbocycles. The van der Waals surface area contributed by atoms with Crippen LogP contribution in [0.4, 0.5) is 0 Å². The quantitative estimate of drug-likeness (QED) is 0.675. The molecule has 0 bridgehead atoms. The molecule has 0 spiro atoms. The van der Waals surface area contributed by atoms with Crippen molar-refractivity contribution in [2.75, 3.05) is 20.1 Å². The highest BCUT2D eigenvalue weighted by Gasteiger charge is 2.34. The van der Waals surface area contributed by atoms with Gasteiger partial charge < -0.3 is 4.90 Å². The standard InChI is InChI=1S/C20H28Cl2N2O3S/c1-23(18-5-3-2-4-6-18)20(25)15-9-11-24(12-10-15)28(26,27)14-16-7-8-17(21)13-19(16)22/h7-8,13,15,18H,2-6,9-12,14H2,1H3. The monoisotopic (exact) mass is 446 g/mol. The van der Waals surface area contributed by atoms with E-state index in [1.165, 1.54) is 23.6 Å². The van der Waals surface area contributed by atoms with Crippen molar-refractivity contribution in [1.29, 1.82) is 0 Å². The molecule has 5 nitrogen and oxygen atoms in total. The van der Waals surface area contributed by atoms with Gasteiger partial charge in [0.1, 0.15) is 0 Å². The lowest BCUT2D eigenvalue weighted by molar-refractivity contribution is -0.138. The Morgan fingerprint density at radius 3 is 2.36 bits per heavy atom. The lowest BCUT2D eigenvalue weighted by Crippen LogP contribution is -2.46. The molecule has 0 aromatic heterocycles. The molecule has 0 radical (unpaired) electrons. The molecule has 2 fully saturated rings. The number of rotatable bonds is 5. The Labute approximate surface area is 178 Å². The smallest absolute Gasteiger partial charge is 0.225 e. The van der Waals surface area contributed by atoms with E-state index in [2.05, 4.69) is 0 Å². The van der Waals surface area contributed by atoms with Crippen LogP contribution in [0.3, 0.4) is 0 Å². The van der Waals surface area contributed by atoms with Crippen LogP contribution in [0.25, 0.3) is 0 Å². The van der Waals surface area contributed by atoms with E-state index < -0.39 is 10.0 Å². The number of piperidine rings is 1. The second-order valence-electron chi connectivity index (χ2n) is 7.91. The fourth-order valence-electron chi connectivity index (χ4n) is 4.24. The number of nitrogens with zero attached hydrogens (tertiary/aromatic N) is 2. The third-order valence-electron chi connectivity index (χ3n) is 6.02. The van der Waals surface area contributed by atoms with E-state index in [1.54, 1.807) is 18.2 Å². The summed E-state index contributed by atoms with van der Waals surface area (Å²) in [5.41, 5.74) is 0.543. The number of sulfonamides is 1. The summed E-state index contributed by atoms with van der Waals surface area (Å²) >= 11 is 12.0. The van der Waals surface area contributed by atoms with E-state index >= 15 is 0 Å². The van der Waals surface area contributed by atoms with Crippen molar-refractivity contribution in [3.8, 4) is 0 Å². The first kappa shape index (κ1) is 21.9. The van der Waals surface area contributed by atoms with Gasteiger partial charge in [-0.15, -0.1) is 0 Å². The van der Waals surface area contributed by atoms with Gasteiger partial charge in [0.25, 0.3) is 0 Å². The van der Waals surface area contributed by atoms with Gasteiger partial charge in [0, 0.05) is 42.1 Å². The number of carbonyl (C=O) groups excluding carboxylic acids is 1. The SMILES string of the molecule is CN(C(=O)C1CCN(S(=O)(=O)Cc2ccc(Cl)cc2Cl)CC1)C1CCCCC1. The maximum absolute atomic E-state index is 12.8. The molecule has 1 aromatic rings.